The van der Waals surface area contributed by atoms with Crippen LogP contribution in [0.25, 0.3) is 10.2 Å². The second-order valence-electron chi connectivity index (χ2n) is 5.88. The Morgan fingerprint density at radius 2 is 2.05 bits per heavy atom. The summed E-state index contributed by atoms with van der Waals surface area (Å²) >= 11 is 1.52. The Morgan fingerprint density at radius 3 is 2.75 bits per heavy atom. The number of rotatable bonds is 2. The highest BCUT2D eigenvalue weighted by molar-refractivity contribution is 7.16. The Balaban J connectivity index is 1.81. The van der Waals surface area contributed by atoms with Crippen LogP contribution in [0.15, 0.2) is 17.6 Å². The van der Waals surface area contributed by atoms with Gasteiger partial charge in [-0.3, -0.25) is 0 Å². The van der Waals surface area contributed by atoms with Crippen LogP contribution in [0, 0.1) is 0 Å². The lowest BCUT2D eigenvalue weighted by Gasteiger charge is -2.29. The predicted molar refractivity (Wildman–Crippen MR) is 78.5 cm³/mol. The van der Waals surface area contributed by atoms with Gasteiger partial charge in [-0.2, -0.15) is 0 Å². The summed E-state index contributed by atoms with van der Waals surface area (Å²) in [6.45, 7) is 0. The molecule has 0 radical (unpaired) electrons. The summed E-state index contributed by atoms with van der Waals surface area (Å²) in [7, 11) is 0. The van der Waals surface area contributed by atoms with Crippen LogP contribution in [0.1, 0.15) is 47.5 Å². The normalized spacial score (nSPS) is 28.9. The molecule has 2 N–H and O–H groups in total. The molecule has 2 bridgehead atoms. The quantitative estimate of drug-likeness (QED) is 0.891. The van der Waals surface area contributed by atoms with Gasteiger partial charge in [0, 0.05) is 12.1 Å². The minimum Gasteiger partial charge on any atom is -0.478 e. The van der Waals surface area contributed by atoms with E-state index < -0.39 is 5.97 Å². The summed E-state index contributed by atoms with van der Waals surface area (Å²) in [6.07, 6.45) is 4.71. The molecular formula is C15H16N2O2S. The highest BCUT2D eigenvalue weighted by Crippen LogP contribution is 2.40. The molecule has 0 saturated carbocycles. The highest BCUT2D eigenvalue weighted by atomic mass is 32.1. The second kappa shape index (κ2) is 4.53. The van der Waals surface area contributed by atoms with E-state index in [1.807, 2.05) is 11.6 Å². The Kier molecular flexibility index (Phi) is 2.79. The first-order valence-corrected chi connectivity index (χ1v) is 7.95. The van der Waals surface area contributed by atoms with Gasteiger partial charge in [0.25, 0.3) is 0 Å². The number of benzene rings is 1. The number of aromatic carboxylic acids is 1. The fourth-order valence-electron chi connectivity index (χ4n) is 3.74. The molecule has 3 heterocycles. The van der Waals surface area contributed by atoms with Gasteiger partial charge in [-0.15, -0.1) is 11.3 Å². The molecule has 1 unspecified atom stereocenters. The topological polar surface area (TPSA) is 62.2 Å². The summed E-state index contributed by atoms with van der Waals surface area (Å²) in [6, 6.07) is 4.79. The number of thiazole rings is 1. The third-order valence-corrected chi connectivity index (χ3v) is 5.40. The number of nitrogens with one attached hydrogen (secondary N) is 1. The number of carboxylic acid groups (broad SMARTS) is 1. The smallest absolute Gasteiger partial charge is 0.335 e. The maximum absolute atomic E-state index is 11.3. The van der Waals surface area contributed by atoms with Crippen molar-refractivity contribution in [3.05, 3.63) is 28.8 Å². The van der Waals surface area contributed by atoms with E-state index in [0.29, 0.717) is 23.6 Å². The van der Waals surface area contributed by atoms with E-state index in [2.05, 4.69) is 10.3 Å². The van der Waals surface area contributed by atoms with E-state index in [4.69, 9.17) is 0 Å². The second-order valence-corrected chi connectivity index (χ2v) is 6.76. The number of nitrogens with zero attached hydrogens (tertiary/aromatic N) is 1. The first-order chi connectivity index (χ1) is 9.70. The molecular weight excluding hydrogens is 272 g/mol. The van der Waals surface area contributed by atoms with Gasteiger partial charge in [-0.05, 0) is 49.3 Å². The Hall–Kier alpha value is -1.46. The van der Waals surface area contributed by atoms with Gasteiger partial charge in [0.1, 0.15) is 0 Å². The molecule has 1 aromatic heterocycles. The van der Waals surface area contributed by atoms with Crippen molar-refractivity contribution in [2.45, 2.75) is 43.7 Å². The van der Waals surface area contributed by atoms with Gasteiger partial charge in [0.15, 0.2) is 0 Å². The monoisotopic (exact) mass is 288 g/mol. The first-order valence-electron chi connectivity index (χ1n) is 7.07. The van der Waals surface area contributed by atoms with Crippen LogP contribution in [0.4, 0.5) is 0 Å². The van der Waals surface area contributed by atoms with Gasteiger partial charge in [-0.25, -0.2) is 9.78 Å². The number of hydrogen-bond acceptors (Lipinski definition) is 4. The van der Waals surface area contributed by atoms with E-state index in [-0.39, 0.29) is 0 Å². The summed E-state index contributed by atoms with van der Waals surface area (Å²) in [5, 5.41) is 12.9. The van der Waals surface area contributed by atoms with Crippen LogP contribution in [0.3, 0.4) is 0 Å². The van der Waals surface area contributed by atoms with Gasteiger partial charge in [0.05, 0.1) is 21.3 Å². The van der Waals surface area contributed by atoms with Gasteiger partial charge < -0.3 is 10.4 Å². The highest BCUT2D eigenvalue weighted by Gasteiger charge is 2.35. The number of carboxylic acids is 1. The third kappa shape index (κ3) is 1.93. The molecule has 2 aromatic rings. The number of piperidine rings is 1. The predicted octanol–water partition coefficient (Wildman–Crippen LogP) is 2.99. The summed E-state index contributed by atoms with van der Waals surface area (Å²) in [5.74, 6) is -0.406. The van der Waals surface area contributed by atoms with Crippen molar-refractivity contribution in [1.82, 2.24) is 10.3 Å². The van der Waals surface area contributed by atoms with Crippen LogP contribution < -0.4 is 5.32 Å². The third-order valence-electron chi connectivity index (χ3n) is 4.63. The number of hydrogen-bond donors (Lipinski definition) is 2. The maximum Gasteiger partial charge on any atom is 0.335 e. The maximum atomic E-state index is 11.3. The fraction of sp³-hybridized carbons (Fsp3) is 0.467. The molecule has 104 valence electrons. The van der Waals surface area contributed by atoms with Gasteiger partial charge >= 0.3 is 5.97 Å². The van der Waals surface area contributed by atoms with E-state index in [9.17, 15) is 9.90 Å². The molecule has 0 aliphatic carbocycles. The molecule has 2 fully saturated rings. The summed E-state index contributed by atoms with van der Waals surface area (Å²) in [5.41, 5.74) is 4.35. The summed E-state index contributed by atoms with van der Waals surface area (Å²) < 4.78 is 0.991. The van der Waals surface area contributed by atoms with Crippen molar-refractivity contribution in [1.29, 1.82) is 0 Å². The molecule has 3 atom stereocenters. The molecule has 0 spiro atoms. The van der Waals surface area contributed by atoms with Crippen molar-refractivity contribution in [2.24, 2.45) is 0 Å². The SMILES string of the molecule is O=C(O)c1cc(C2C[C@H]3CC[C@@H](C2)N3)c2ncsc2c1. The van der Waals surface area contributed by atoms with Crippen molar-refractivity contribution < 1.29 is 9.90 Å². The number of fused-ring (bicyclic) bond motifs is 3. The first kappa shape index (κ1) is 12.3. The standard InChI is InChI=1S/C15H16N2O2S/c18-15(19)9-5-12(14-13(6-9)20-7-16-14)8-3-10-1-2-11(4-8)17-10/h5-8,10-11,17H,1-4H2,(H,18,19)/t8?,10-,11+. The van der Waals surface area contributed by atoms with Crippen molar-refractivity contribution in [3.63, 3.8) is 0 Å². The molecule has 0 amide bonds. The lowest BCUT2D eigenvalue weighted by Crippen LogP contribution is -2.37. The van der Waals surface area contributed by atoms with Crippen LogP contribution >= 0.6 is 11.3 Å². The number of aromatic nitrogens is 1. The van der Waals surface area contributed by atoms with Crippen LogP contribution in [0.5, 0.6) is 0 Å². The molecule has 1 aromatic carbocycles. The van der Waals surface area contributed by atoms with Crippen LogP contribution in [0.2, 0.25) is 0 Å². The van der Waals surface area contributed by atoms with Crippen molar-refractivity contribution in [3.8, 4) is 0 Å². The number of carbonyl (C=O) groups is 1. The average molecular weight is 288 g/mol. The Labute approximate surface area is 120 Å². The zero-order chi connectivity index (χ0) is 13.7. The van der Waals surface area contributed by atoms with E-state index in [1.54, 1.807) is 6.07 Å². The average Bonchev–Trinajstić information content (AvgIpc) is 3.03. The lowest BCUT2D eigenvalue weighted by molar-refractivity contribution is 0.0697. The van der Waals surface area contributed by atoms with E-state index in [1.165, 1.54) is 24.2 Å². The van der Waals surface area contributed by atoms with Gasteiger partial charge in [0.2, 0.25) is 0 Å². The van der Waals surface area contributed by atoms with Gasteiger partial charge in [-0.1, -0.05) is 0 Å². The van der Waals surface area contributed by atoms with Crippen LogP contribution in [-0.4, -0.2) is 28.1 Å². The zero-order valence-corrected chi connectivity index (χ0v) is 11.8. The van der Waals surface area contributed by atoms with E-state index >= 15 is 0 Å². The molecule has 2 aliphatic rings. The Morgan fingerprint density at radius 1 is 1.30 bits per heavy atom. The minimum absolute atomic E-state index is 0.391. The van der Waals surface area contributed by atoms with E-state index in [0.717, 1.165) is 28.6 Å². The molecule has 4 nitrogen and oxygen atoms in total. The zero-order valence-electron chi connectivity index (χ0n) is 11.0. The largest absolute Gasteiger partial charge is 0.478 e. The molecule has 5 heteroatoms. The minimum atomic E-state index is -0.849. The van der Waals surface area contributed by atoms with Crippen molar-refractivity contribution in [2.75, 3.05) is 0 Å². The molecule has 2 saturated heterocycles. The molecule has 20 heavy (non-hydrogen) atoms. The Bertz CT molecular complexity index is 670. The molecule has 4 rings (SSSR count). The lowest BCUT2D eigenvalue weighted by atomic mass is 9.85. The molecule has 2 aliphatic heterocycles. The summed E-state index contributed by atoms with van der Waals surface area (Å²) in [4.78, 5) is 15.8. The van der Waals surface area contributed by atoms with Crippen molar-refractivity contribution >= 4 is 27.5 Å². The fourth-order valence-corrected chi connectivity index (χ4v) is 4.49. The van der Waals surface area contributed by atoms with Crippen LogP contribution in [-0.2, 0) is 0 Å².